The Morgan fingerprint density at radius 2 is 1.71 bits per heavy atom. The van der Waals surface area contributed by atoms with Crippen molar-refractivity contribution in [2.75, 3.05) is 18.0 Å². The van der Waals surface area contributed by atoms with Gasteiger partial charge < -0.3 is 9.88 Å². The second-order valence-electron chi connectivity index (χ2n) is 6.28. The van der Waals surface area contributed by atoms with Crippen LogP contribution in [0.3, 0.4) is 0 Å². The Balaban J connectivity index is 2.06. The summed E-state index contributed by atoms with van der Waals surface area (Å²) < 4.78 is 0. The third-order valence-corrected chi connectivity index (χ3v) is 4.92. The van der Waals surface area contributed by atoms with Gasteiger partial charge in [-0.05, 0) is 43.0 Å². The number of anilines is 1. The molecule has 0 unspecified atom stereocenters. The molecule has 1 aliphatic heterocycles. The third kappa shape index (κ3) is 2.69. The quantitative estimate of drug-likeness (QED) is 0.725. The zero-order valence-electron chi connectivity index (χ0n) is 13.4. The Hall–Kier alpha value is -2.26. The number of hydrogen-bond donors (Lipinski definition) is 1. The molecule has 24 heavy (non-hydrogen) atoms. The van der Waals surface area contributed by atoms with Crippen LogP contribution < -0.4 is 10.5 Å². The van der Waals surface area contributed by atoms with Gasteiger partial charge in [0.25, 0.3) is 5.56 Å². The maximum absolute atomic E-state index is 12.9. The molecular formula is C20H19ClN2O. The van der Waals surface area contributed by atoms with E-state index in [2.05, 4.69) is 22.0 Å². The summed E-state index contributed by atoms with van der Waals surface area (Å²) in [5, 5.41) is 1.67. The highest BCUT2D eigenvalue weighted by Crippen LogP contribution is 2.36. The van der Waals surface area contributed by atoms with Crippen LogP contribution in [-0.4, -0.2) is 18.1 Å². The molecule has 4 rings (SSSR count). The number of hydrogen-bond acceptors (Lipinski definition) is 2. The summed E-state index contributed by atoms with van der Waals surface area (Å²) in [6, 6.07) is 15.8. The van der Waals surface area contributed by atoms with Gasteiger partial charge in [0.05, 0.1) is 0 Å². The van der Waals surface area contributed by atoms with Crippen molar-refractivity contribution in [3.63, 3.8) is 0 Å². The summed E-state index contributed by atoms with van der Waals surface area (Å²) in [6.07, 6.45) is 3.48. The minimum atomic E-state index is -0.0226. The van der Waals surface area contributed by atoms with Crippen LogP contribution in [0.15, 0.2) is 53.3 Å². The molecule has 0 aliphatic carbocycles. The molecular weight excluding hydrogens is 320 g/mol. The predicted octanol–water partition coefficient (Wildman–Crippen LogP) is 4.84. The van der Waals surface area contributed by atoms with Crippen molar-refractivity contribution in [1.82, 2.24) is 4.98 Å². The number of aromatic nitrogens is 1. The Morgan fingerprint density at radius 1 is 0.958 bits per heavy atom. The lowest BCUT2D eigenvalue weighted by atomic mass is 9.97. The lowest BCUT2D eigenvalue weighted by Crippen LogP contribution is -2.34. The van der Waals surface area contributed by atoms with Crippen LogP contribution in [-0.2, 0) is 0 Å². The van der Waals surface area contributed by atoms with Gasteiger partial charge in [0.1, 0.15) is 5.69 Å². The molecule has 3 nitrogen and oxygen atoms in total. The second kappa shape index (κ2) is 6.33. The Labute approximate surface area is 145 Å². The molecule has 1 aliphatic rings. The topological polar surface area (TPSA) is 36.1 Å². The van der Waals surface area contributed by atoms with Crippen LogP contribution in [0.5, 0.6) is 0 Å². The molecule has 1 saturated heterocycles. The van der Waals surface area contributed by atoms with Crippen molar-refractivity contribution in [1.29, 1.82) is 0 Å². The Bertz CT molecular complexity index is 928. The van der Waals surface area contributed by atoms with Gasteiger partial charge in [0, 0.05) is 34.6 Å². The number of pyridine rings is 1. The lowest BCUT2D eigenvalue weighted by molar-refractivity contribution is 0.577. The average molecular weight is 339 g/mol. The number of fused-ring (bicyclic) bond motifs is 1. The zero-order valence-corrected chi connectivity index (χ0v) is 14.1. The normalized spacial score (nSPS) is 15.0. The van der Waals surface area contributed by atoms with Crippen molar-refractivity contribution in [3.05, 3.63) is 63.9 Å². The van der Waals surface area contributed by atoms with Crippen molar-refractivity contribution in [2.45, 2.75) is 19.3 Å². The summed E-state index contributed by atoms with van der Waals surface area (Å²) >= 11 is 6.25. The van der Waals surface area contributed by atoms with Gasteiger partial charge in [-0.3, -0.25) is 4.79 Å². The van der Waals surface area contributed by atoms with Crippen LogP contribution >= 0.6 is 11.6 Å². The van der Waals surface area contributed by atoms with Gasteiger partial charge >= 0.3 is 0 Å². The fraction of sp³-hybridized carbons (Fsp3) is 0.250. The molecule has 0 atom stereocenters. The van der Waals surface area contributed by atoms with Crippen LogP contribution in [0.1, 0.15) is 19.3 Å². The maximum atomic E-state index is 12.9. The van der Waals surface area contributed by atoms with E-state index in [1.54, 1.807) is 0 Å². The average Bonchev–Trinajstić information content (AvgIpc) is 2.62. The van der Waals surface area contributed by atoms with Crippen molar-refractivity contribution in [3.8, 4) is 11.1 Å². The van der Waals surface area contributed by atoms with Gasteiger partial charge in [0.15, 0.2) is 0 Å². The molecule has 3 aromatic rings. The van der Waals surface area contributed by atoms with Gasteiger partial charge in [-0.25, -0.2) is 0 Å². The summed E-state index contributed by atoms with van der Waals surface area (Å²) in [5.74, 6) is 0. The van der Waals surface area contributed by atoms with E-state index in [4.69, 9.17) is 11.6 Å². The Morgan fingerprint density at radius 3 is 2.46 bits per heavy atom. The molecule has 0 bridgehead atoms. The third-order valence-electron chi connectivity index (χ3n) is 4.69. The number of H-pyrrole nitrogens is 1. The van der Waals surface area contributed by atoms with Gasteiger partial charge in [-0.2, -0.15) is 0 Å². The number of aromatic amines is 1. The van der Waals surface area contributed by atoms with Crippen LogP contribution in [0.2, 0.25) is 5.02 Å². The fourth-order valence-electron chi connectivity index (χ4n) is 3.57. The SMILES string of the molecule is O=c1[nH]c2ccc(Cl)cc2c(-c2ccccc2)c1N1CCCCC1. The van der Waals surface area contributed by atoms with E-state index in [1.165, 1.54) is 6.42 Å². The van der Waals surface area contributed by atoms with E-state index >= 15 is 0 Å². The molecule has 2 aromatic carbocycles. The highest BCUT2D eigenvalue weighted by Gasteiger charge is 2.21. The van der Waals surface area contributed by atoms with E-state index in [0.29, 0.717) is 5.02 Å². The number of benzene rings is 2. The number of nitrogens with zero attached hydrogens (tertiary/aromatic N) is 1. The van der Waals surface area contributed by atoms with Crippen molar-refractivity contribution in [2.24, 2.45) is 0 Å². The minimum Gasteiger partial charge on any atom is -0.367 e. The second-order valence-corrected chi connectivity index (χ2v) is 6.72. The van der Waals surface area contributed by atoms with Crippen LogP contribution in [0, 0.1) is 0 Å². The summed E-state index contributed by atoms with van der Waals surface area (Å²) in [6.45, 7) is 1.85. The van der Waals surface area contributed by atoms with E-state index in [0.717, 1.165) is 53.6 Å². The minimum absolute atomic E-state index is 0.0226. The van der Waals surface area contributed by atoms with E-state index in [1.807, 2.05) is 36.4 Å². The molecule has 2 heterocycles. The number of piperidine rings is 1. The van der Waals surface area contributed by atoms with Gasteiger partial charge in [-0.1, -0.05) is 41.9 Å². The smallest absolute Gasteiger partial charge is 0.272 e. The lowest BCUT2D eigenvalue weighted by Gasteiger charge is -2.30. The highest BCUT2D eigenvalue weighted by molar-refractivity contribution is 6.31. The molecule has 0 radical (unpaired) electrons. The van der Waals surface area contributed by atoms with Crippen LogP contribution in [0.25, 0.3) is 22.0 Å². The first kappa shape index (κ1) is 15.3. The molecule has 122 valence electrons. The summed E-state index contributed by atoms with van der Waals surface area (Å²) in [7, 11) is 0. The number of rotatable bonds is 2. The van der Waals surface area contributed by atoms with E-state index < -0.39 is 0 Å². The zero-order chi connectivity index (χ0) is 16.5. The molecule has 0 spiro atoms. The monoisotopic (exact) mass is 338 g/mol. The van der Waals surface area contributed by atoms with Crippen molar-refractivity contribution < 1.29 is 0 Å². The standard InChI is InChI=1S/C20H19ClN2O/c21-15-9-10-17-16(13-15)18(14-7-3-1-4-8-14)19(20(24)22-17)23-11-5-2-6-12-23/h1,3-4,7-10,13H,2,5-6,11-12H2,(H,22,24). The maximum Gasteiger partial charge on any atom is 0.272 e. The summed E-state index contributed by atoms with van der Waals surface area (Å²) in [4.78, 5) is 18.1. The number of halogens is 1. The first-order valence-corrected chi connectivity index (χ1v) is 8.78. The molecule has 0 saturated carbocycles. The molecule has 1 N–H and O–H groups in total. The highest BCUT2D eigenvalue weighted by atomic mass is 35.5. The van der Waals surface area contributed by atoms with E-state index in [-0.39, 0.29) is 5.56 Å². The fourth-order valence-corrected chi connectivity index (χ4v) is 3.74. The van der Waals surface area contributed by atoms with Gasteiger partial charge in [-0.15, -0.1) is 0 Å². The van der Waals surface area contributed by atoms with Crippen LogP contribution in [0.4, 0.5) is 5.69 Å². The van der Waals surface area contributed by atoms with E-state index in [9.17, 15) is 4.79 Å². The summed E-state index contributed by atoms with van der Waals surface area (Å²) in [5.41, 5.74) is 3.61. The van der Waals surface area contributed by atoms with Gasteiger partial charge in [0.2, 0.25) is 0 Å². The molecule has 1 aromatic heterocycles. The predicted molar refractivity (Wildman–Crippen MR) is 101 cm³/mol. The Kier molecular flexibility index (Phi) is 4.03. The molecule has 1 fully saturated rings. The molecule has 4 heteroatoms. The number of nitrogens with one attached hydrogen (secondary N) is 1. The van der Waals surface area contributed by atoms with Crippen molar-refractivity contribution >= 4 is 28.2 Å². The first-order chi connectivity index (χ1) is 11.7. The first-order valence-electron chi connectivity index (χ1n) is 8.40. The largest absolute Gasteiger partial charge is 0.367 e. The molecule has 0 amide bonds.